The van der Waals surface area contributed by atoms with E-state index in [0.717, 1.165) is 12.8 Å². The van der Waals surface area contributed by atoms with Crippen LogP contribution in [-0.4, -0.2) is 37.5 Å². The van der Waals surface area contributed by atoms with E-state index >= 15 is 0 Å². The van der Waals surface area contributed by atoms with Crippen LogP contribution in [0, 0.1) is 0 Å². The zero-order valence-corrected chi connectivity index (χ0v) is 9.86. The van der Waals surface area contributed by atoms with Crippen LogP contribution in [0.25, 0.3) is 0 Å². The predicted octanol–water partition coefficient (Wildman–Crippen LogP) is 1.68. The molecule has 0 radical (unpaired) electrons. The van der Waals surface area contributed by atoms with Crippen LogP contribution in [0.3, 0.4) is 0 Å². The highest BCUT2D eigenvalue weighted by molar-refractivity contribution is 4.94. The highest BCUT2D eigenvalue weighted by atomic mass is 16.8. The first-order valence-corrected chi connectivity index (χ1v) is 5.61. The maximum Gasteiger partial charge on any atom is 0.186 e. The second kappa shape index (κ2) is 4.01. The van der Waals surface area contributed by atoms with Crippen LogP contribution in [0.5, 0.6) is 0 Å². The van der Waals surface area contributed by atoms with Gasteiger partial charge in [-0.2, -0.15) is 0 Å². The molecule has 4 unspecified atom stereocenters. The average molecular weight is 216 g/mol. The van der Waals surface area contributed by atoms with Gasteiger partial charge in [0, 0.05) is 7.11 Å². The zero-order chi connectivity index (χ0) is 11.1. The third-order valence-corrected chi connectivity index (χ3v) is 2.91. The van der Waals surface area contributed by atoms with E-state index in [0.29, 0.717) is 0 Å². The van der Waals surface area contributed by atoms with Gasteiger partial charge < -0.3 is 18.9 Å². The molecular weight excluding hydrogens is 196 g/mol. The van der Waals surface area contributed by atoms with Crippen molar-refractivity contribution in [2.75, 3.05) is 7.11 Å². The van der Waals surface area contributed by atoms with Crippen LogP contribution in [0.15, 0.2) is 0 Å². The molecule has 15 heavy (non-hydrogen) atoms. The Morgan fingerprint density at radius 2 is 1.87 bits per heavy atom. The standard InChI is InChI=1S/C11H20O4/c1-5-6-7-8-9(10(12-4)13-7)15-11(2,3)14-8/h7-10H,5-6H2,1-4H3. The Morgan fingerprint density at radius 3 is 2.47 bits per heavy atom. The lowest BCUT2D eigenvalue weighted by molar-refractivity contribution is -0.227. The second-order valence-corrected chi connectivity index (χ2v) is 4.63. The Morgan fingerprint density at radius 1 is 1.20 bits per heavy atom. The molecule has 88 valence electrons. The van der Waals surface area contributed by atoms with Gasteiger partial charge in [0.1, 0.15) is 12.2 Å². The van der Waals surface area contributed by atoms with Crippen LogP contribution in [-0.2, 0) is 18.9 Å². The van der Waals surface area contributed by atoms with Gasteiger partial charge in [-0.05, 0) is 20.3 Å². The Kier molecular flexibility index (Phi) is 3.03. The molecule has 0 saturated carbocycles. The van der Waals surface area contributed by atoms with Gasteiger partial charge in [0.05, 0.1) is 6.10 Å². The van der Waals surface area contributed by atoms with E-state index in [2.05, 4.69) is 6.92 Å². The fraction of sp³-hybridized carbons (Fsp3) is 1.00. The van der Waals surface area contributed by atoms with Crippen LogP contribution in [0.2, 0.25) is 0 Å². The topological polar surface area (TPSA) is 36.9 Å². The lowest BCUT2D eigenvalue weighted by Gasteiger charge is -2.23. The minimum Gasteiger partial charge on any atom is -0.353 e. The third-order valence-electron chi connectivity index (χ3n) is 2.91. The molecule has 2 aliphatic heterocycles. The van der Waals surface area contributed by atoms with Gasteiger partial charge in [-0.25, -0.2) is 0 Å². The summed E-state index contributed by atoms with van der Waals surface area (Å²) in [4.78, 5) is 0. The van der Waals surface area contributed by atoms with E-state index in [1.165, 1.54) is 0 Å². The molecule has 2 saturated heterocycles. The van der Waals surface area contributed by atoms with Crippen molar-refractivity contribution < 1.29 is 18.9 Å². The fourth-order valence-electron chi connectivity index (χ4n) is 2.35. The summed E-state index contributed by atoms with van der Waals surface area (Å²) in [6, 6.07) is 0. The molecule has 4 nitrogen and oxygen atoms in total. The molecule has 0 bridgehead atoms. The van der Waals surface area contributed by atoms with Crippen molar-refractivity contribution in [3.8, 4) is 0 Å². The number of methoxy groups -OCH3 is 1. The van der Waals surface area contributed by atoms with E-state index in [1.54, 1.807) is 7.11 Å². The Hall–Kier alpha value is -0.160. The van der Waals surface area contributed by atoms with Gasteiger partial charge in [-0.1, -0.05) is 13.3 Å². The first kappa shape index (κ1) is 11.3. The average Bonchev–Trinajstić information content (AvgIpc) is 2.61. The monoisotopic (exact) mass is 216 g/mol. The van der Waals surface area contributed by atoms with Crippen molar-refractivity contribution in [1.82, 2.24) is 0 Å². The van der Waals surface area contributed by atoms with Crippen molar-refractivity contribution in [3.05, 3.63) is 0 Å². The van der Waals surface area contributed by atoms with Gasteiger partial charge in [0.2, 0.25) is 0 Å². The van der Waals surface area contributed by atoms with Crippen molar-refractivity contribution in [2.24, 2.45) is 0 Å². The number of hydrogen-bond donors (Lipinski definition) is 0. The smallest absolute Gasteiger partial charge is 0.186 e. The molecule has 0 amide bonds. The molecule has 2 rings (SSSR count). The SMILES string of the molecule is CCCC1OC(OC)C2OC(C)(C)OC12. The van der Waals surface area contributed by atoms with Crippen molar-refractivity contribution in [2.45, 2.75) is 64.0 Å². The number of fused-ring (bicyclic) bond motifs is 1. The summed E-state index contributed by atoms with van der Waals surface area (Å²) in [6.07, 6.45) is 1.82. The summed E-state index contributed by atoms with van der Waals surface area (Å²) in [5.74, 6) is -0.512. The van der Waals surface area contributed by atoms with E-state index in [1.807, 2.05) is 13.8 Å². The van der Waals surface area contributed by atoms with Gasteiger partial charge in [0.15, 0.2) is 12.1 Å². The molecule has 0 aromatic rings. The number of ether oxygens (including phenoxy) is 4. The van der Waals surface area contributed by atoms with Crippen LogP contribution < -0.4 is 0 Å². The van der Waals surface area contributed by atoms with Gasteiger partial charge in [-0.3, -0.25) is 0 Å². The van der Waals surface area contributed by atoms with E-state index in [-0.39, 0.29) is 24.6 Å². The summed E-state index contributed by atoms with van der Waals surface area (Å²) in [6.45, 7) is 6.00. The maximum absolute atomic E-state index is 5.84. The number of rotatable bonds is 3. The maximum atomic E-state index is 5.84. The van der Waals surface area contributed by atoms with Crippen LogP contribution >= 0.6 is 0 Å². The summed E-state index contributed by atoms with van der Waals surface area (Å²) < 4.78 is 22.6. The minimum absolute atomic E-state index is 0.0184. The minimum atomic E-state index is -0.512. The van der Waals surface area contributed by atoms with Gasteiger partial charge in [0.25, 0.3) is 0 Å². The molecule has 0 N–H and O–H groups in total. The lowest BCUT2D eigenvalue weighted by Crippen LogP contribution is -2.30. The fourth-order valence-corrected chi connectivity index (χ4v) is 2.35. The Bertz CT molecular complexity index is 229. The van der Waals surface area contributed by atoms with Crippen LogP contribution in [0.1, 0.15) is 33.6 Å². The first-order chi connectivity index (χ1) is 7.07. The molecule has 2 fully saturated rings. The second-order valence-electron chi connectivity index (χ2n) is 4.63. The van der Waals surface area contributed by atoms with Crippen LogP contribution in [0.4, 0.5) is 0 Å². The molecule has 0 aromatic heterocycles. The van der Waals surface area contributed by atoms with Gasteiger partial charge >= 0.3 is 0 Å². The summed E-state index contributed by atoms with van der Waals surface area (Å²) in [7, 11) is 1.64. The van der Waals surface area contributed by atoms with Crippen molar-refractivity contribution in [1.29, 1.82) is 0 Å². The van der Waals surface area contributed by atoms with E-state index in [9.17, 15) is 0 Å². The molecule has 0 aliphatic carbocycles. The first-order valence-electron chi connectivity index (χ1n) is 5.61. The highest BCUT2D eigenvalue weighted by Crippen LogP contribution is 2.39. The third kappa shape index (κ3) is 2.04. The van der Waals surface area contributed by atoms with E-state index < -0.39 is 5.79 Å². The predicted molar refractivity (Wildman–Crippen MR) is 54.4 cm³/mol. The summed E-state index contributed by atoms with van der Waals surface area (Å²) in [5, 5.41) is 0. The quantitative estimate of drug-likeness (QED) is 0.719. The lowest BCUT2D eigenvalue weighted by atomic mass is 10.1. The normalized spacial score (nSPS) is 43.2. The van der Waals surface area contributed by atoms with Crippen molar-refractivity contribution in [3.63, 3.8) is 0 Å². The molecule has 2 heterocycles. The Balaban J connectivity index is 2.08. The van der Waals surface area contributed by atoms with Crippen molar-refractivity contribution >= 4 is 0 Å². The Labute approximate surface area is 90.8 Å². The molecule has 4 heteroatoms. The summed E-state index contributed by atoms with van der Waals surface area (Å²) in [5.41, 5.74) is 0. The molecular formula is C11H20O4. The highest BCUT2D eigenvalue weighted by Gasteiger charge is 2.54. The van der Waals surface area contributed by atoms with E-state index in [4.69, 9.17) is 18.9 Å². The molecule has 0 spiro atoms. The summed E-state index contributed by atoms with van der Waals surface area (Å²) >= 11 is 0. The van der Waals surface area contributed by atoms with Gasteiger partial charge in [-0.15, -0.1) is 0 Å². The largest absolute Gasteiger partial charge is 0.353 e. The zero-order valence-electron chi connectivity index (χ0n) is 9.86. The molecule has 0 aromatic carbocycles. The molecule has 4 atom stereocenters. The number of hydrogen-bond acceptors (Lipinski definition) is 4. The molecule has 2 aliphatic rings.